The largest absolute Gasteiger partial charge is 0.462 e. The smallest absolute Gasteiger partial charge is 0.340 e. The molecule has 3 aromatic rings. The number of ether oxygens (including phenoxy) is 1. The summed E-state index contributed by atoms with van der Waals surface area (Å²) < 4.78 is 19.5. The van der Waals surface area contributed by atoms with Gasteiger partial charge in [-0.05, 0) is 81.2 Å². The van der Waals surface area contributed by atoms with E-state index in [1.807, 2.05) is 37.3 Å². The molecule has 2 aromatic carbocycles. The number of likely N-dealkylation sites (N-methyl/N-ethyl adjacent to an activating group) is 1. The van der Waals surface area contributed by atoms with Gasteiger partial charge in [-0.1, -0.05) is 24.3 Å². The number of hydrogen-bond acceptors (Lipinski definition) is 5. The van der Waals surface area contributed by atoms with Crippen LogP contribution in [0.25, 0.3) is 22.8 Å². The highest BCUT2D eigenvalue weighted by molar-refractivity contribution is 6.36. The van der Waals surface area contributed by atoms with Gasteiger partial charge in [-0.3, -0.25) is 4.79 Å². The van der Waals surface area contributed by atoms with Gasteiger partial charge in [-0.2, -0.15) is 0 Å². The minimum Gasteiger partial charge on any atom is -0.462 e. The van der Waals surface area contributed by atoms with E-state index < -0.39 is 0 Å². The molecule has 0 unspecified atom stereocenters. The molecule has 2 aliphatic rings. The molecule has 39 heavy (non-hydrogen) atoms. The van der Waals surface area contributed by atoms with Crippen molar-refractivity contribution < 1.29 is 18.7 Å². The Bertz CT molecular complexity index is 1420. The predicted octanol–water partition coefficient (Wildman–Crippen LogP) is 4.98. The van der Waals surface area contributed by atoms with Crippen LogP contribution in [0.5, 0.6) is 0 Å². The number of fused-ring (bicyclic) bond motifs is 1. The van der Waals surface area contributed by atoms with Crippen LogP contribution in [0.3, 0.4) is 0 Å². The number of nitrogens with zero attached hydrogens (tertiary/aromatic N) is 2. The molecule has 204 valence electrons. The maximum atomic E-state index is 14.1. The predicted molar refractivity (Wildman–Crippen MR) is 152 cm³/mol. The first kappa shape index (κ1) is 26.8. The van der Waals surface area contributed by atoms with Crippen LogP contribution >= 0.6 is 0 Å². The van der Waals surface area contributed by atoms with Gasteiger partial charge in [0, 0.05) is 48.8 Å². The molecule has 0 saturated carbocycles. The second-order valence-corrected chi connectivity index (χ2v) is 10.2. The quantitative estimate of drug-likeness (QED) is 0.317. The van der Waals surface area contributed by atoms with Crippen molar-refractivity contribution in [3.63, 3.8) is 0 Å². The number of H-pyrrole nitrogens is 1. The molecule has 3 heterocycles. The van der Waals surface area contributed by atoms with E-state index in [0.717, 1.165) is 61.5 Å². The number of aryl methyl sites for hydroxylation is 1. The minimum absolute atomic E-state index is 0.234. The molecule has 1 aromatic heterocycles. The summed E-state index contributed by atoms with van der Waals surface area (Å²) in [5.41, 5.74) is 6.17. The Balaban J connectivity index is 1.52. The first-order valence-electron chi connectivity index (χ1n) is 13.6. The minimum atomic E-state index is -0.359. The zero-order valence-corrected chi connectivity index (χ0v) is 22.8. The molecule has 5 rings (SSSR count). The van der Waals surface area contributed by atoms with Gasteiger partial charge in [0.05, 0.1) is 17.7 Å². The number of halogens is 1. The molecule has 8 heteroatoms. The Morgan fingerprint density at radius 2 is 1.90 bits per heavy atom. The number of hydrogen-bond donors (Lipinski definition) is 2. The molecule has 2 aliphatic heterocycles. The zero-order valence-electron chi connectivity index (χ0n) is 22.8. The fraction of sp³-hybridized carbons (Fsp3) is 0.355. The number of amides is 1. The van der Waals surface area contributed by atoms with E-state index in [-0.39, 0.29) is 24.3 Å². The van der Waals surface area contributed by atoms with Crippen molar-refractivity contribution in [3.8, 4) is 11.1 Å². The monoisotopic (exact) mass is 530 g/mol. The van der Waals surface area contributed by atoms with Gasteiger partial charge in [0.2, 0.25) is 0 Å². The van der Waals surface area contributed by atoms with Crippen LogP contribution in [0.15, 0.2) is 42.5 Å². The number of aromatic amines is 1. The van der Waals surface area contributed by atoms with Crippen molar-refractivity contribution in [1.29, 1.82) is 0 Å². The van der Waals surface area contributed by atoms with Crippen LogP contribution in [0, 0.1) is 12.7 Å². The maximum Gasteiger partial charge on any atom is 0.340 e. The van der Waals surface area contributed by atoms with Crippen molar-refractivity contribution in [1.82, 2.24) is 14.8 Å². The number of aromatic nitrogens is 1. The number of benzene rings is 2. The Hall–Kier alpha value is -3.75. The number of nitrogens with one attached hydrogen (secondary N) is 2. The third-order valence-corrected chi connectivity index (χ3v) is 7.55. The number of piperazine rings is 1. The highest BCUT2D eigenvalue weighted by Crippen LogP contribution is 2.41. The average molecular weight is 531 g/mol. The fourth-order valence-corrected chi connectivity index (χ4v) is 5.54. The third kappa shape index (κ3) is 5.67. The number of anilines is 1. The molecule has 0 atom stereocenters. The summed E-state index contributed by atoms with van der Waals surface area (Å²) in [7, 11) is 2.14. The van der Waals surface area contributed by atoms with Crippen molar-refractivity contribution in [2.45, 2.75) is 26.7 Å². The topological polar surface area (TPSA) is 77.7 Å². The molecule has 1 saturated heterocycles. The van der Waals surface area contributed by atoms with E-state index in [2.05, 4.69) is 27.1 Å². The Morgan fingerprint density at radius 1 is 1.13 bits per heavy atom. The van der Waals surface area contributed by atoms with Crippen LogP contribution in [0.1, 0.15) is 46.2 Å². The Kier molecular flexibility index (Phi) is 7.95. The molecular weight excluding hydrogens is 495 g/mol. The van der Waals surface area contributed by atoms with Gasteiger partial charge in [-0.15, -0.1) is 0 Å². The Morgan fingerprint density at radius 3 is 2.64 bits per heavy atom. The van der Waals surface area contributed by atoms with Crippen LogP contribution < -0.4 is 5.32 Å². The van der Waals surface area contributed by atoms with E-state index >= 15 is 0 Å². The lowest BCUT2D eigenvalue weighted by Crippen LogP contribution is -2.44. The molecule has 0 bridgehead atoms. The summed E-state index contributed by atoms with van der Waals surface area (Å²) >= 11 is 0. The van der Waals surface area contributed by atoms with Crippen LogP contribution in [-0.2, 0) is 16.0 Å². The second-order valence-electron chi connectivity index (χ2n) is 10.2. The second kappa shape index (κ2) is 11.6. The van der Waals surface area contributed by atoms with Crippen molar-refractivity contribution in [2.75, 3.05) is 51.7 Å². The van der Waals surface area contributed by atoms with E-state index in [4.69, 9.17) is 4.74 Å². The summed E-state index contributed by atoms with van der Waals surface area (Å²) in [6.07, 6.45) is 3.37. The van der Waals surface area contributed by atoms with Gasteiger partial charge in [-0.25, -0.2) is 9.18 Å². The lowest BCUT2D eigenvalue weighted by atomic mass is 9.93. The highest BCUT2D eigenvalue weighted by Gasteiger charge is 2.29. The summed E-state index contributed by atoms with van der Waals surface area (Å²) in [4.78, 5) is 34.3. The number of rotatable bonds is 8. The lowest BCUT2D eigenvalue weighted by Gasteiger charge is -2.32. The van der Waals surface area contributed by atoms with Crippen LogP contribution in [0.4, 0.5) is 10.1 Å². The van der Waals surface area contributed by atoms with E-state index in [1.54, 1.807) is 13.0 Å². The maximum absolute atomic E-state index is 14.1. The number of carbonyl (C=O) groups is 2. The van der Waals surface area contributed by atoms with Gasteiger partial charge < -0.3 is 24.8 Å². The van der Waals surface area contributed by atoms with Crippen LogP contribution in [-0.4, -0.2) is 73.0 Å². The zero-order chi connectivity index (χ0) is 27.5. The molecule has 0 aliphatic carbocycles. The molecule has 7 nitrogen and oxygen atoms in total. The lowest BCUT2D eigenvalue weighted by molar-refractivity contribution is -0.110. The van der Waals surface area contributed by atoms with Crippen molar-refractivity contribution >= 4 is 29.2 Å². The van der Waals surface area contributed by atoms with Gasteiger partial charge in [0.1, 0.15) is 5.82 Å². The first-order chi connectivity index (χ1) is 18.9. The number of esters is 1. The Labute approximate surface area is 228 Å². The average Bonchev–Trinajstić information content (AvgIpc) is 3.40. The molecule has 0 radical (unpaired) electrons. The molecule has 1 fully saturated rings. The SMILES string of the molecule is CCOC(=O)c1c(C)[nH]c(C=C2C(=O)Nc3cccc(-c4cccc(F)c4)c32)c1CCCN1CCN(C)CC1. The molecule has 0 spiro atoms. The normalized spacial score (nSPS) is 16.9. The van der Waals surface area contributed by atoms with Crippen LogP contribution in [0.2, 0.25) is 0 Å². The number of carbonyl (C=O) groups excluding carboxylic acids is 2. The van der Waals surface area contributed by atoms with E-state index in [9.17, 15) is 14.0 Å². The fourth-order valence-electron chi connectivity index (χ4n) is 5.54. The molecule has 2 N–H and O–H groups in total. The highest BCUT2D eigenvalue weighted by atomic mass is 19.1. The molecule has 1 amide bonds. The van der Waals surface area contributed by atoms with Gasteiger partial charge in [0.15, 0.2) is 0 Å². The first-order valence-corrected chi connectivity index (χ1v) is 13.6. The summed E-state index contributed by atoms with van der Waals surface area (Å²) in [6.45, 7) is 9.04. The summed E-state index contributed by atoms with van der Waals surface area (Å²) in [5, 5.41) is 2.95. The van der Waals surface area contributed by atoms with Crippen molar-refractivity contribution in [2.24, 2.45) is 0 Å². The molecular formula is C31H35FN4O3. The standard InChI is InChI=1S/C31H35FN4O3/c1-4-39-31(38)28-20(2)33-27(24(28)11-7-13-36-16-14-35(3)15-17-36)19-25-29-23(21-8-5-9-22(32)18-21)10-6-12-26(29)34-30(25)37/h5-6,8-10,12,18-19,33H,4,7,11,13-17H2,1-3H3,(H,34,37). The summed E-state index contributed by atoms with van der Waals surface area (Å²) in [6, 6.07) is 12.0. The van der Waals surface area contributed by atoms with Crippen molar-refractivity contribution in [3.05, 3.63) is 76.4 Å². The van der Waals surface area contributed by atoms with Gasteiger partial charge >= 0.3 is 5.97 Å². The van der Waals surface area contributed by atoms with Gasteiger partial charge in [0.25, 0.3) is 5.91 Å². The third-order valence-electron chi connectivity index (χ3n) is 7.55. The summed E-state index contributed by atoms with van der Waals surface area (Å²) in [5.74, 6) is -0.931. The van der Waals surface area contributed by atoms with E-state index in [1.165, 1.54) is 12.1 Å². The van der Waals surface area contributed by atoms with E-state index in [0.29, 0.717) is 34.5 Å².